The van der Waals surface area contributed by atoms with E-state index in [1.165, 1.54) is 84.2 Å². The van der Waals surface area contributed by atoms with Crippen molar-refractivity contribution in [2.45, 2.75) is 64.0 Å². The highest BCUT2D eigenvalue weighted by Crippen LogP contribution is 2.24. The van der Waals surface area contributed by atoms with Gasteiger partial charge in [-0.15, -0.1) is 0 Å². The van der Waals surface area contributed by atoms with Crippen molar-refractivity contribution in [3.05, 3.63) is 0 Å². The average molecular weight is 279 g/mol. The number of piperidine rings is 2. The van der Waals surface area contributed by atoms with E-state index in [1.54, 1.807) is 0 Å². The Hall–Kier alpha value is -0.120. The van der Waals surface area contributed by atoms with E-state index in [0.717, 1.165) is 18.0 Å². The average Bonchev–Trinajstić information content (AvgIpc) is 2.49. The molecule has 3 unspecified atom stereocenters. The van der Waals surface area contributed by atoms with Gasteiger partial charge in [-0.25, -0.2) is 0 Å². The van der Waals surface area contributed by atoms with Gasteiger partial charge in [-0.05, 0) is 77.5 Å². The van der Waals surface area contributed by atoms with Gasteiger partial charge in [0.15, 0.2) is 0 Å². The van der Waals surface area contributed by atoms with Gasteiger partial charge < -0.3 is 5.32 Å². The maximum atomic E-state index is 3.55. The molecule has 0 aromatic rings. The molecule has 3 heteroatoms. The zero-order valence-corrected chi connectivity index (χ0v) is 13.3. The van der Waals surface area contributed by atoms with Crippen LogP contribution in [0.1, 0.15) is 51.9 Å². The summed E-state index contributed by atoms with van der Waals surface area (Å²) in [7, 11) is 0. The second-order valence-corrected chi connectivity index (χ2v) is 7.34. The molecule has 0 aromatic heterocycles. The summed E-state index contributed by atoms with van der Waals surface area (Å²) in [6.45, 7) is 10.3. The fourth-order valence-corrected chi connectivity index (χ4v) is 4.48. The summed E-state index contributed by atoms with van der Waals surface area (Å²) in [5.74, 6) is 0.954. The lowest BCUT2D eigenvalue weighted by atomic mass is 9.93. The van der Waals surface area contributed by atoms with Crippen LogP contribution in [0.25, 0.3) is 0 Å². The van der Waals surface area contributed by atoms with Crippen molar-refractivity contribution in [2.24, 2.45) is 5.92 Å². The molecule has 3 aliphatic rings. The number of nitrogens with zero attached hydrogens (tertiary/aromatic N) is 2. The Labute approximate surface area is 125 Å². The molecule has 3 aliphatic heterocycles. The van der Waals surface area contributed by atoms with E-state index in [9.17, 15) is 0 Å². The first-order chi connectivity index (χ1) is 9.83. The summed E-state index contributed by atoms with van der Waals surface area (Å²) in [4.78, 5) is 5.54. The van der Waals surface area contributed by atoms with Crippen LogP contribution in [0.2, 0.25) is 0 Å². The van der Waals surface area contributed by atoms with E-state index in [-0.39, 0.29) is 0 Å². The molecule has 0 saturated carbocycles. The fraction of sp³-hybridized carbons (Fsp3) is 1.00. The Balaban J connectivity index is 1.40. The van der Waals surface area contributed by atoms with E-state index in [1.807, 2.05) is 0 Å². The zero-order chi connectivity index (χ0) is 13.8. The molecule has 3 atom stereocenters. The maximum Gasteiger partial charge on any atom is 0.0223 e. The molecule has 3 rings (SSSR count). The van der Waals surface area contributed by atoms with Gasteiger partial charge >= 0.3 is 0 Å². The van der Waals surface area contributed by atoms with Gasteiger partial charge in [0, 0.05) is 25.2 Å². The SMILES string of the molecule is CC1CN2CCCCC2CN1CCCC1CCCNC1. The van der Waals surface area contributed by atoms with E-state index in [0.29, 0.717) is 0 Å². The van der Waals surface area contributed by atoms with Gasteiger partial charge in [0.2, 0.25) is 0 Å². The molecule has 0 radical (unpaired) electrons. The first kappa shape index (κ1) is 14.8. The van der Waals surface area contributed by atoms with Gasteiger partial charge in [-0.3, -0.25) is 9.80 Å². The Morgan fingerprint density at radius 2 is 2.05 bits per heavy atom. The molecule has 20 heavy (non-hydrogen) atoms. The van der Waals surface area contributed by atoms with Crippen molar-refractivity contribution in [1.29, 1.82) is 0 Å². The third-order valence-electron chi connectivity index (χ3n) is 5.77. The summed E-state index contributed by atoms with van der Waals surface area (Å²) in [5.41, 5.74) is 0. The Bertz CT molecular complexity index is 288. The van der Waals surface area contributed by atoms with Crippen LogP contribution in [0.4, 0.5) is 0 Å². The van der Waals surface area contributed by atoms with Gasteiger partial charge in [0.1, 0.15) is 0 Å². The molecule has 3 nitrogen and oxygen atoms in total. The maximum absolute atomic E-state index is 3.55. The van der Waals surface area contributed by atoms with Crippen LogP contribution in [0.5, 0.6) is 0 Å². The molecular weight excluding hydrogens is 246 g/mol. The molecule has 116 valence electrons. The molecule has 0 amide bonds. The Morgan fingerprint density at radius 1 is 1.10 bits per heavy atom. The van der Waals surface area contributed by atoms with Crippen molar-refractivity contribution >= 4 is 0 Å². The summed E-state index contributed by atoms with van der Waals surface area (Å²) in [6, 6.07) is 1.64. The standard InChI is InChI=1S/C17H33N3/c1-15-13-20-10-3-2-8-17(20)14-19(15)11-5-7-16-6-4-9-18-12-16/h15-18H,2-14H2,1H3. The highest BCUT2D eigenvalue weighted by atomic mass is 15.3. The molecule has 0 aromatic carbocycles. The molecule has 0 spiro atoms. The van der Waals surface area contributed by atoms with Crippen LogP contribution in [0.3, 0.4) is 0 Å². The largest absolute Gasteiger partial charge is 0.316 e. The lowest BCUT2D eigenvalue weighted by Crippen LogP contribution is -2.58. The topological polar surface area (TPSA) is 18.5 Å². The quantitative estimate of drug-likeness (QED) is 0.852. The molecular formula is C17H33N3. The number of nitrogens with one attached hydrogen (secondary N) is 1. The van der Waals surface area contributed by atoms with Crippen molar-refractivity contribution < 1.29 is 0 Å². The van der Waals surface area contributed by atoms with Crippen LogP contribution in [-0.4, -0.2) is 61.2 Å². The number of hydrogen-bond donors (Lipinski definition) is 1. The number of fused-ring (bicyclic) bond motifs is 1. The van der Waals surface area contributed by atoms with Crippen molar-refractivity contribution in [1.82, 2.24) is 15.1 Å². The van der Waals surface area contributed by atoms with Crippen LogP contribution >= 0.6 is 0 Å². The molecule has 3 heterocycles. The highest BCUT2D eigenvalue weighted by molar-refractivity contribution is 4.89. The normalized spacial score (nSPS) is 36.8. The second-order valence-electron chi connectivity index (χ2n) is 7.34. The summed E-state index contributed by atoms with van der Waals surface area (Å²) in [6.07, 6.45) is 10.0. The molecule has 3 saturated heterocycles. The first-order valence-corrected chi connectivity index (χ1v) is 9.02. The third-order valence-corrected chi connectivity index (χ3v) is 5.77. The van der Waals surface area contributed by atoms with Gasteiger partial charge in [0.05, 0.1) is 0 Å². The van der Waals surface area contributed by atoms with E-state index in [2.05, 4.69) is 22.0 Å². The van der Waals surface area contributed by atoms with Gasteiger partial charge in [-0.1, -0.05) is 6.42 Å². The monoisotopic (exact) mass is 279 g/mol. The lowest BCUT2D eigenvalue weighted by molar-refractivity contribution is 0.0140. The molecule has 3 fully saturated rings. The molecule has 0 aliphatic carbocycles. The minimum Gasteiger partial charge on any atom is -0.316 e. The minimum absolute atomic E-state index is 0.772. The van der Waals surface area contributed by atoms with Crippen molar-refractivity contribution in [3.8, 4) is 0 Å². The zero-order valence-electron chi connectivity index (χ0n) is 13.3. The van der Waals surface area contributed by atoms with Crippen molar-refractivity contribution in [3.63, 3.8) is 0 Å². The number of rotatable bonds is 4. The summed E-state index contributed by atoms with van der Waals surface area (Å²) >= 11 is 0. The summed E-state index contributed by atoms with van der Waals surface area (Å²) < 4.78 is 0. The molecule has 1 N–H and O–H groups in total. The fourth-order valence-electron chi connectivity index (χ4n) is 4.48. The van der Waals surface area contributed by atoms with E-state index in [4.69, 9.17) is 0 Å². The Morgan fingerprint density at radius 3 is 2.90 bits per heavy atom. The molecule has 0 bridgehead atoms. The van der Waals surface area contributed by atoms with Crippen LogP contribution in [0.15, 0.2) is 0 Å². The third kappa shape index (κ3) is 3.75. The van der Waals surface area contributed by atoms with Crippen LogP contribution < -0.4 is 5.32 Å². The predicted octanol–water partition coefficient (Wildman–Crippen LogP) is 2.32. The van der Waals surface area contributed by atoms with Gasteiger partial charge in [0.25, 0.3) is 0 Å². The second kappa shape index (κ2) is 7.24. The minimum atomic E-state index is 0.772. The highest BCUT2D eigenvalue weighted by Gasteiger charge is 2.32. The van der Waals surface area contributed by atoms with Crippen LogP contribution in [0, 0.1) is 5.92 Å². The van der Waals surface area contributed by atoms with Gasteiger partial charge in [-0.2, -0.15) is 0 Å². The number of piperazine rings is 1. The lowest BCUT2D eigenvalue weighted by Gasteiger charge is -2.47. The van der Waals surface area contributed by atoms with Crippen LogP contribution in [-0.2, 0) is 0 Å². The smallest absolute Gasteiger partial charge is 0.0223 e. The van der Waals surface area contributed by atoms with E-state index >= 15 is 0 Å². The first-order valence-electron chi connectivity index (χ1n) is 9.02. The van der Waals surface area contributed by atoms with E-state index < -0.39 is 0 Å². The summed E-state index contributed by atoms with van der Waals surface area (Å²) in [5, 5.41) is 3.55. The number of hydrogen-bond acceptors (Lipinski definition) is 3. The van der Waals surface area contributed by atoms with Crippen molar-refractivity contribution in [2.75, 3.05) is 39.3 Å². The predicted molar refractivity (Wildman–Crippen MR) is 85.1 cm³/mol. The Kier molecular flexibility index (Phi) is 5.36.